The van der Waals surface area contributed by atoms with E-state index in [2.05, 4.69) is 50.9 Å². The van der Waals surface area contributed by atoms with Crippen molar-refractivity contribution in [3.8, 4) is 0 Å². The number of thiophene rings is 1. The molecule has 0 amide bonds. The van der Waals surface area contributed by atoms with Gasteiger partial charge in [-0.2, -0.15) is 5.10 Å². The Hall–Kier alpha value is -0.650. The van der Waals surface area contributed by atoms with Crippen LogP contribution in [0.5, 0.6) is 0 Å². The van der Waals surface area contributed by atoms with Crippen molar-refractivity contribution >= 4 is 27.3 Å². The van der Waals surface area contributed by atoms with Crippen LogP contribution in [0.3, 0.4) is 0 Å². The van der Waals surface area contributed by atoms with Crippen LogP contribution in [0.15, 0.2) is 28.3 Å². The van der Waals surface area contributed by atoms with E-state index in [0.29, 0.717) is 6.04 Å². The summed E-state index contributed by atoms with van der Waals surface area (Å²) in [5, 5.41) is 9.87. The Kier molecular flexibility index (Phi) is 4.36. The first kappa shape index (κ1) is 12.8. The molecule has 0 saturated carbocycles. The molecule has 0 aliphatic heterocycles. The van der Waals surface area contributed by atoms with Gasteiger partial charge in [0.25, 0.3) is 0 Å². The van der Waals surface area contributed by atoms with Crippen LogP contribution < -0.4 is 5.32 Å². The predicted octanol–water partition coefficient (Wildman–Crippen LogP) is 3.14. The molecule has 1 N–H and O–H groups in total. The molecule has 0 radical (unpaired) electrons. The SMILES string of the molecule is CCNC(Cc1cc(Br)cs1)c1cnn(C)c1. The van der Waals surface area contributed by atoms with E-state index in [0.717, 1.165) is 13.0 Å². The first-order chi connectivity index (χ1) is 8.19. The maximum atomic E-state index is 4.24. The second kappa shape index (κ2) is 5.80. The summed E-state index contributed by atoms with van der Waals surface area (Å²) in [6.45, 7) is 3.10. The molecule has 0 fully saturated rings. The summed E-state index contributed by atoms with van der Waals surface area (Å²) >= 11 is 5.29. The molecule has 0 aromatic carbocycles. The van der Waals surface area contributed by atoms with Crippen LogP contribution in [-0.2, 0) is 13.5 Å². The minimum atomic E-state index is 0.347. The van der Waals surface area contributed by atoms with Gasteiger partial charge in [0.05, 0.1) is 6.20 Å². The summed E-state index contributed by atoms with van der Waals surface area (Å²) < 4.78 is 3.02. The molecule has 0 aliphatic rings. The molecule has 1 unspecified atom stereocenters. The van der Waals surface area contributed by atoms with Crippen molar-refractivity contribution in [3.63, 3.8) is 0 Å². The van der Waals surface area contributed by atoms with Crippen molar-refractivity contribution in [2.75, 3.05) is 6.54 Å². The van der Waals surface area contributed by atoms with Gasteiger partial charge in [0.1, 0.15) is 0 Å². The molecular formula is C12H16BrN3S. The summed E-state index contributed by atoms with van der Waals surface area (Å²) in [6.07, 6.45) is 5.03. The van der Waals surface area contributed by atoms with Crippen molar-refractivity contribution in [2.24, 2.45) is 7.05 Å². The first-order valence-corrected chi connectivity index (χ1v) is 7.31. The molecular weight excluding hydrogens is 298 g/mol. The number of rotatable bonds is 5. The highest BCUT2D eigenvalue weighted by molar-refractivity contribution is 9.10. The van der Waals surface area contributed by atoms with Gasteiger partial charge in [0.2, 0.25) is 0 Å². The summed E-state index contributed by atoms with van der Waals surface area (Å²) in [7, 11) is 1.95. The number of nitrogens with zero attached hydrogens (tertiary/aromatic N) is 2. The second-order valence-corrected chi connectivity index (χ2v) is 5.90. The van der Waals surface area contributed by atoms with Gasteiger partial charge in [-0.1, -0.05) is 6.92 Å². The average molecular weight is 314 g/mol. The standard InChI is InChI=1S/C12H16BrN3S/c1-3-14-12(9-6-15-16(2)7-9)5-11-4-10(13)8-17-11/h4,6-8,12,14H,3,5H2,1-2H3. The van der Waals surface area contributed by atoms with Gasteiger partial charge < -0.3 is 5.32 Å². The highest BCUT2D eigenvalue weighted by Gasteiger charge is 2.13. The minimum Gasteiger partial charge on any atom is -0.310 e. The first-order valence-electron chi connectivity index (χ1n) is 5.64. The Morgan fingerprint density at radius 2 is 2.41 bits per heavy atom. The number of aromatic nitrogens is 2. The highest BCUT2D eigenvalue weighted by Crippen LogP contribution is 2.25. The van der Waals surface area contributed by atoms with Crippen LogP contribution in [0, 0.1) is 0 Å². The molecule has 1 atom stereocenters. The molecule has 92 valence electrons. The lowest BCUT2D eigenvalue weighted by Crippen LogP contribution is -2.22. The highest BCUT2D eigenvalue weighted by atomic mass is 79.9. The van der Waals surface area contributed by atoms with E-state index in [-0.39, 0.29) is 0 Å². The third kappa shape index (κ3) is 3.40. The maximum absolute atomic E-state index is 4.24. The lowest BCUT2D eigenvalue weighted by atomic mass is 10.1. The molecule has 0 bridgehead atoms. The van der Waals surface area contributed by atoms with Crippen molar-refractivity contribution in [1.82, 2.24) is 15.1 Å². The van der Waals surface area contributed by atoms with Gasteiger partial charge in [0.15, 0.2) is 0 Å². The fourth-order valence-corrected chi connectivity index (χ4v) is 3.33. The van der Waals surface area contributed by atoms with E-state index in [1.165, 1.54) is 14.9 Å². The zero-order valence-electron chi connectivity index (χ0n) is 9.98. The third-order valence-electron chi connectivity index (χ3n) is 2.60. The normalized spacial score (nSPS) is 12.9. The fraction of sp³-hybridized carbons (Fsp3) is 0.417. The Bertz CT molecular complexity index is 478. The molecule has 0 spiro atoms. The van der Waals surface area contributed by atoms with E-state index < -0.39 is 0 Å². The number of hydrogen-bond acceptors (Lipinski definition) is 3. The number of hydrogen-bond donors (Lipinski definition) is 1. The molecule has 2 rings (SSSR count). The van der Waals surface area contributed by atoms with Gasteiger partial charge in [-0.25, -0.2) is 0 Å². The monoisotopic (exact) mass is 313 g/mol. The predicted molar refractivity (Wildman–Crippen MR) is 75.3 cm³/mol. The van der Waals surface area contributed by atoms with Gasteiger partial charge >= 0.3 is 0 Å². The fourth-order valence-electron chi connectivity index (χ4n) is 1.84. The lowest BCUT2D eigenvalue weighted by Gasteiger charge is -2.15. The molecule has 2 aromatic rings. The Morgan fingerprint density at radius 3 is 2.94 bits per heavy atom. The van der Waals surface area contributed by atoms with Gasteiger partial charge in [-0.15, -0.1) is 11.3 Å². The molecule has 2 aromatic heterocycles. The molecule has 3 nitrogen and oxygen atoms in total. The average Bonchev–Trinajstić information content (AvgIpc) is 2.87. The van der Waals surface area contributed by atoms with Gasteiger partial charge in [-0.3, -0.25) is 4.68 Å². The van der Waals surface area contributed by atoms with Crippen LogP contribution in [0.4, 0.5) is 0 Å². The molecule has 2 heterocycles. The van der Waals surface area contributed by atoms with Crippen molar-refractivity contribution < 1.29 is 0 Å². The second-order valence-electron chi connectivity index (χ2n) is 3.99. The summed E-state index contributed by atoms with van der Waals surface area (Å²) in [5.74, 6) is 0. The quantitative estimate of drug-likeness (QED) is 0.919. The molecule has 5 heteroatoms. The Morgan fingerprint density at radius 1 is 1.59 bits per heavy atom. The Labute approximate surface area is 114 Å². The number of aryl methyl sites for hydroxylation is 1. The largest absolute Gasteiger partial charge is 0.310 e. The minimum absolute atomic E-state index is 0.347. The number of halogens is 1. The van der Waals surface area contributed by atoms with Gasteiger partial charge in [0, 0.05) is 46.0 Å². The van der Waals surface area contributed by atoms with Gasteiger partial charge in [-0.05, 0) is 28.5 Å². The molecule has 17 heavy (non-hydrogen) atoms. The van der Waals surface area contributed by atoms with Crippen LogP contribution in [0.1, 0.15) is 23.4 Å². The zero-order chi connectivity index (χ0) is 12.3. The van der Waals surface area contributed by atoms with Crippen LogP contribution in [0.2, 0.25) is 0 Å². The third-order valence-corrected chi connectivity index (χ3v) is 4.32. The smallest absolute Gasteiger partial charge is 0.0537 e. The summed E-state index contributed by atoms with van der Waals surface area (Å²) in [4.78, 5) is 1.38. The van der Waals surface area contributed by atoms with E-state index in [4.69, 9.17) is 0 Å². The van der Waals surface area contributed by atoms with E-state index >= 15 is 0 Å². The van der Waals surface area contributed by atoms with Crippen LogP contribution in [-0.4, -0.2) is 16.3 Å². The summed E-state index contributed by atoms with van der Waals surface area (Å²) in [5.41, 5.74) is 1.25. The topological polar surface area (TPSA) is 29.9 Å². The van der Waals surface area contributed by atoms with Crippen LogP contribution >= 0.6 is 27.3 Å². The van der Waals surface area contributed by atoms with E-state index in [1.807, 2.05) is 17.9 Å². The number of nitrogens with one attached hydrogen (secondary N) is 1. The summed E-state index contributed by atoms with van der Waals surface area (Å²) in [6, 6.07) is 2.53. The van der Waals surface area contributed by atoms with E-state index in [9.17, 15) is 0 Å². The lowest BCUT2D eigenvalue weighted by molar-refractivity contribution is 0.553. The number of likely N-dealkylation sites (N-methyl/N-ethyl adjacent to an activating group) is 1. The van der Waals surface area contributed by atoms with Crippen molar-refractivity contribution in [2.45, 2.75) is 19.4 Å². The van der Waals surface area contributed by atoms with Crippen molar-refractivity contribution in [1.29, 1.82) is 0 Å². The zero-order valence-corrected chi connectivity index (χ0v) is 12.4. The van der Waals surface area contributed by atoms with Crippen molar-refractivity contribution in [3.05, 3.63) is 38.8 Å². The Balaban J connectivity index is 2.12. The molecule has 0 saturated heterocycles. The van der Waals surface area contributed by atoms with E-state index in [1.54, 1.807) is 11.3 Å². The maximum Gasteiger partial charge on any atom is 0.0537 e. The molecule has 0 aliphatic carbocycles. The van der Waals surface area contributed by atoms with Crippen LogP contribution in [0.25, 0.3) is 0 Å².